The molecule has 0 unspecified atom stereocenters. The molecule has 0 N–H and O–H groups in total. The molecule has 0 spiro atoms. The second-order valence-electron chi connectivity index (χ2n) is 4.83. The monoisotopic (exact) mass is 295 g/mol. The van der Waals surface area contributed by atoms with Crippen LogP contribution in [-0.4, -0.2) is 42.5 Å². The van der Waals surface area contributed by atoms with Crippen LogP contribution in [0.5, 0.6) is 0 Å². The Balaban J connectivity index is 1.89. The van der Waals surface area contributed by atoms with Gasteiger partial charge in [0.15, 0.2) is 17.5 Å². The summed E-state index contributed by atoms with van der Waals surface area (Å²) < 4.78 is 8.59. The Bertz CT molecular complexity index is 835. The van der Waals surface area contributed by atoms with Gasteiger partial charge in [0.25, 0.3) is 0 Å². The van der Waals surface area contributed by atoms with E-state index in [1.165, 1.54) is 6.33 Å². The first-order valence-corrected chi connectivity index (χ1v) is 6.80. The molecule has 0 radical (unpaired) electrons. The van der Waals surface area contributed by atoms with Crippen LogP contribution in [0.25, 0.3) is 11.4 Å². The summed E-state index contributed by atoms with van der Waals surface area (Å²) in [6, 6.07) is 7.85. The highest BCUT2D eigenvalue weighted by atomic mass is 16.5. The third-order valence-electron chi connectivity index (χ3n) is 3.36. The van der Waals surface area contributed by atoms with E-state index in [1.807, 2.05) is 28.9 Å². The number of nitrogens with zero attached hydrogens (tertiary/aromatic N) is 7. The highest BCUT2D eigenvalue weighted by Gasteiger charge is 2.21. The predicted molar refractivity (Wildman–Crippen MR) is 78.7 cm³/mol. The number of fused-ring (bicyclic) bond motifs is 3. The molecule has 4 rings (SSSR count). The molecule has 3 aromatic rings. The van der Waals surface area contributed by atoms with E-state index in [1.54, 1.807) is 18.1 Å². The number of rotatable bonds is 2. The van der Waals surface area contributed by atoms with E-state index >= 15 is 0 Å². The van der Waals surface area contributed by atoms with Crippen molar-refractivity contribution in [1.82, 2.24) is 29.5 Å². The lowest BCUT2D eigenvalue weighted by Crippen LogP contribution is -2.20. The molecule has 1 aliphatic rings. The second-order valence-corrected chi connectivity index (χ2v) is 4.83. The molecule has 0 amide bonds. The smallest absolute Gasteiger partial charge is 0.176 e. The van der Waals surface area contributed by atoms with Crippen molar-refractivity contribution in [2.45, 2.75) is 13.2 Å². The summed E-state index contributed by atoms with van der Waals surface area (Å²) in [7, 11) is 1.63. The predicted octanol–water partition coefficient (Wildman–Crippen LogP) is 1.27. The summed E-state index contributed by atoms with van der Waals surface area (Å²) in [4.78, 5) is 13.2. The molecule has 8 heteroatoms. The lowest BCUT2D eigenvalue weighted by atomic mass is 10.2. The third-order valence-corrected chi connectivity index (χ3v) is 3.36. The van der Waals surface area contributed by atoms with Gasteiger partial charge in [-0.15, -0.1) is 0 Å². The van der Waals surface area contributed by atoms with Crippen LogP contribution in [0.3, 0.4) is 0 Å². The van der Waals surface area contributed by atoms with Crippen LogP contribution in [0.1, 0.15) is 5.82 Å². The fraction of sp³-hybridized carbons (Fsp3) is 0.214. The maximum atomic E-state index is 5.13. The van der Waals surface area contributed by atoms with Gasteiger partial charge >= 0.3 is 0 Å². The van der Waals surface area contributed by atoms with Crippen molar-refractivity contribution in [1.29, 1.82) is 0 Å². The summed E-state index contributed by atoms with van der Waals surface area (Å²) in [5, 5.41) is 8.66. The standard InChI is InChI=1S/C14H13N7O/c1-22-7-12-18-14-10-4-2-3-5-11(10)17-13(6-20(14)19-12)21-9-15-8-16-21/h2-5,8-9H,6-7H2,1H3. The molecule has 1 aromatic carbocycles. The zero-order chi connectivity index (χ0) is 14.9. The maximum absolute atomic E-state index is 5.13. The number of aromatic nitrogens is 6. The highest BCUT2D eigenvalue weighted by molar-refractivity contribution is 5.90. The van der Waals surface area contributed by atoms with E-state index in [2.05, 4.69) is 25.2 Å². The van der Waals surface area contributed by atoms with Gasteiger partial charge in [-0.25, -0.2) is 24.3 Å². The SMILES string of the molecule is COCc1nc2n(n1)CC(n1cncn1)=Nc1ccccc1-2. The van der Waals surface area contributed by atoms with Crippen LogP contribution in [0.2, 0.25) is 0 Å². The number of hydrogen-bond acceptors (Lipinski definition) is 6. The minimum Gasteiger partial charge on any atom is -0.377 e. The van der Waals surface area contributed by atoms with Crippen LogP contribution < -0.4 is 0 Å². The normalized spacial score (nSPS) is 13.2. The van der Waals surface area contributed by atoms with Gasteiger partial charge in [0.1, 0.15) is 25.8 Å². The molecule has 0 saturated carbocycles. The van der Waals surface area contributed by atoms with E-state index in [4.69, 9.17) is 4.74 Å². The lowest BCUT2D eigenvalue weighted by Gasteiger charge is -2.04. The maximum Gasteiger partial charge on any atom is 0.176 e. The largest absolute Gasteiger partial charge is 0.377 e. The summed E-state index contributed by atoms with van der Waals surface area (Å²) in [5.74, 6) is 2.16. The fourth-order valence-electron chi connectivity index (χ4n) is 2.42. The Labute approximate surface area is 126 Å². The topological polar surface area (TPSA) is 83.0 Å². The van der Waals surface area contributed by atoms with Crippen LogP contribution in [0.4, 0.5) is 5.69 Å². The molecule has 8 nitrogen and oxygen atoms in total. The molecule has 110 valence electrons. The zero-order valence-electron chi connectivity index (χ0n) is 11.9. The molecule has 2 aromatic heterocycles. The number of para-hydroxylation sites is 1. The van der Waals surface area contributed by atoms with Crippen molar-refractivity contribution in [3.8, 4) is 11.4 Å². The zero-order valence-corrected chi connectivity index (χ0v) is 11.9. The minimum atomic E-state index is 0.373. The highest BCUT2D eigenvalue weighted by Crippen LogP contribution is 2.31. The van der Waals surface area contributed by atoms with E-state index < -0.39 is 0 Å². The molecule has 1 aliphatic heterocycles. The first-order chi connectivity index (χ1) is 10.8. The van der Waals surface area contributed by atoms with Gasteiger partial charge in [-0.05, 0) is 12.1 Å². The van der Waals surface area contributed by atoms with E-state index in [0.717, 1.165) is 22.9 Å². The molecular weight excluding hydrogens is 282 g/mol. The lowest BCUT2D eigenvalue weighted by molar-refractivity contribution is 0.177. The Morgan fingerprint density at radius 3 is 3.00 bits per heavy atom. The van der Waals surface area contributed by atoms with Gasteiger partial charge in [-0.3, -0.25) is 0 Å². The average molecular weight is 295 g/mol. The van der Waals surface area contributed by atoms with E-state index in [-0.39, 0.29) is 0 Å². The van der Waals surface area contributed by atoms with Crippen molar-refractivity contribution >= 4 is 11.5 Å². The van der Waals surface area contributed by atoms with Crippen molar-refractivity contribution in [2.24, 2.45) is 4.99 Å². The third kappa shape index (κ3) is 2.09. The quantitative estimate of drug-likeness (QED) is 0.711. The van der Waals surface area contributed by atoms with Crippen LogP contribution >= 0.6 is 0 Å². The minimum absolute atomic E-state index is 0.373. The fourth-order valence-corrected chi connectivity index (χ4v) is 2.42. The van der Waals surface area contributed by atoms with Gasteiger partial charge in [0, 0.05) is 12.7 Å². The van der Waals surface area contributed by atoms with E-state index in [9.17, 15) is 0 Å². The molecular formula is C14H13N7O. The molecule has 0 atom stereocenters. The summed E-state index contributed by atoms with van der Waals surface area (Å²) in [6.07, 6.45) is 3.11. The Kier molecular flexibility index (Phi) is 3.01. The molecule has 22 heavy (non-hydrogen) atoms. The van der Waals surface area contributed by atoms with Crippen molar-refractivity contribution < 1.29 is 4.74 Å². The number of benzene rings is 1. The Hall–Kier alpha value is -2.87. The molecule has 0 aliphatic carbocycles. The molecule has 0 bridgehead atoms. The van der Waals surface area contributed by atoms with Gasteiger partial charge in [0.05, 0.1) is 5.69 Å². The molecule has 0 fully saturated rings. The molecule has 3 heterocycles. The van der Waals surface area contributed by atoms with Crippen LogP contribution in [-0.2, 0) is 17.9 Å². The van der Waals surface area contributed by atoms with Gasteiger partial charge in [0.2, 0.25) is 0 Å². The van der Waals surface area contributed by atoms with Gasteiger partial charge in [-0.2, -0.15) is 10.2 Å². The summed E-state index contributed by atoms with van der Waals surface area (Å²) in [5.41, 5.74) is 1.77. The van der Waals surface area contributed by atoms with Gasteiger partial charge in [-0.1, -0.05) is 12.1 Å². The van der Waals surface area contributed by atoms with Crippen molar-refractivity contribution in [3.63, 3.8) is 0 Å². The summed E-state index contributed by atoms with van der Waals surface area (Å²) in [6.45, 7) is 0.835. The van der Waals surface area contributed by atoms with Crippen LogP contribution in [0, 0.1) is 0 Å². The Morgan fingerprint density at radius 2 is 2.18 bits per heavy atom. The summed E-state index contributed by atoms with van der Waals surface area (Å²) >= 11 is 0. The number of methoxy groups -OCH3 is 1. The first kappa shape index (κ1) is 12.8. The average Bonchev–Trinajstić information content (AvgIpc) is 3.15. The van der Waals surface area contributed by atoms with Gasteiger partial charge < -0.3 is 4.74 Å². The van der Waals surface area contributed by atoms with Crippen LogP contribution in [0.15, 0.2) is 41.9 Å². The number of hydrogen-bond donors (Lipinski definition) is 0. The molecule has 0 saturated heterocycles. The first-order valence-electron chi connectivity index (χ1n) is 6.80. The Morgan fingerprint density at radius 1 is 1.27 bits per heavy atom. The van der Waals surface area contributed by atoms with Crippen molar-refractivity contribution in [2.75, 3.05) is 7.11 Å². The van der Waals surface area contributed by atoms with Crippen molar-refractivity contribution in [3.05, 3.63) is 42.7 Å². The number of ether oxygens (including phenoxy) is 1. The second kappa shape index (κ2) is 5.15. The van der Waals surface area contributed by atoms with E-state index in [0.29, 0.717) is 19.0 Å². The number of aliphatic imine (C=N–C) groups is 1.